The van der Waals surface area contributed by atoms with Crippen LogP contribution in [-0.2, 0) is 20.8 Å². The summed E-state index contributed by atoms with van der Waals surface area (Å²) >= 11 is 0. The molecule has 2 amide bonds. The maximum Gasteiger partial charge on any atom is 0.254 e. The second-order valence-electron chi connectivity index (χ2n) is 6.44. The van der Waals surface area contributed by atoms with Gasteiger partial charge in [0.15, 0.2) is 0 Å². The Balaban J connectivity index is 1.91. The molecule has 0 aromatic heterocycles. The highest BCUT2D eigenvalue weighted by Gasteiger charge is 2.26. The molecule has 7 heteroatoms. The zero-order chi connectivity index (χ0) is 18.4. The average molecular weight is 349 g/mol. The highest BCUT2D eigenvalue weighted by atomic mass is 16.5. The molecular formula is C18H27N3O4. The maximum absolute atomic E-state index is 12.6. The van der Waals surface area contributed by atoms with Gasteiger partial charge in [-0.05, 0) is 31.5 Å². The Hall–Kier alpha value is -1.96. The number of nitrogens with one attached hydrogen (secondary N) is 1. The predicted molar refractivity (Wildman–Crippen MR) is 94.1 cm³/mol. The number of hydrogen-bond donors (Lipinski definition) is 2. The third-order valence-corrected chi connectivity index (χ3v) is 4.06. The fourth-order valence-electron chi connectivity index (χ4n) is 2.87. The second-order valence-corrected chi connectivity index (χ2v) is 6.44. The minimum Gasteiger partial charge on any atom is -0.383 e. The number of carbonyl (C=O) groups is 2. The van der Waals surface area contributed by atoms with Crippen LogP contribution in [0.2, 0.25) is 0 Å². The summed E-state index contributed by atoms with van der Waals surface area (Å²) in [5, 5.41) is 2.75. The normalized spacial score (nSPS) is 21.7. The highest BCUT2D eigenvalue weighted by molar-refractivity contribution is 5.94. The van der Waals surface area contributed by atoms with Crippen LogP contribution in [0.4, 0.5) is 0 Å². The van der Waals surface area contributed by atoms with E-state index in [9.17, 15) is 9.59 Å². The fourth-order valence-corrected chi connectivity index (χ4v) is 2.87. The zero-order valence-electron chi connectivity index (χ0n) is 15.0. The molecule has 0 spiro atoms. The van der Waals surface area contributed by atoms with E-state index < -0.39 is 6.04 Å². The number of nitrogens with two attached hydrogens (primary N) is 1. The van der Waals surface area contributed by atoms with Crippen molar-refractivity contribution in [2.75, 3.05) is 26.8 Å². The van der Waals surface area contributed by atoms with Gasteiger partial charge in [0.1, 0.15) is 6.04 Å². The first-order valence-electron chi connectivity index (χ1n) is 8.46. The van der Waals surface area contributed by atoms with E-state index in [0.29, 0.717) is 25.2 Å². The summed E-state index contributed by atoms with van der Waals surface area (Å²) in [6, 6.07) is 6.55. The van der Waals surface area contributed by atoms with Crippen molar-refractivity contribution in [2.45, 2.75) is 38.6 Å². The Morgan fingerprint density at radius 2 is 1.88 bits per heavy atom. The van der Waals surface area contributed by atoms with Gasteiger partial charge >= 0.3 is 0 Å². The SMILES string of the molecule is COCC(N)C(=O)NCc1ccc(C(=O)N2CC(C)OC(C)C2)cc1. The maximum atomic E-state index is 12.6. The van der Waals surface area contributed by atoms with Crippen molar-refractivity contribution in [3.63, 3.8) is 0 Å². The van der Waals surface area contributed by atoms with Crippen LogP contribution in [0.1, 0.15) is 29.8 Å². The molecule has 7 nitrogen and oxygen atoms in total. The highest BCUT2D eigenvalue weighted by Crippen LogP contribution is 2.15. The number of benzene rings is 1. The number of rotatable bonds is 6. The average Bonchev–Trinajstić information content (AvgIpc) is 2.58. The van der Waals surface area contributed by atoms with E-state index in [2.05, 4.69) is 5.32 Å². The molecule has 2 rings (SSSR count). The molecule has 1 fully saturated rings. The number of hydrogen-bond acceptors (Lipinski definition) is 5. The Bertz CT molecular complexity index is 580. The van der Waals surface area contributed by atoms with Crippen molar-refractivity contribution >= 4 is 11.8 Å². The molecule has 1 heterocycles. The first-order valence-corrected chi connectivity index (χ1v) is 8.46. The Labute approximate surface area is 148 Å². The number of nitrogens with zero attached hydrogens (tertiary/aromatic N) is 1. The molecule has 0 aliphatic carbocycles. The molecule has 0 bridgehead atoms. The van der Waals surface area contributed by atoms with Crippen LogP contribution in [0.3, 0.4) is 0 Å². The molecule has 1 aromatic carbocycles. The van der Waals surface area contributed by atoms with E-state index in [1.807, 2.05) is 30.9 Å². The van der Waals surface area contributed by atoms with Crippen molar-refractivity contribution in [2.24, 2.45) is 5.73 Å². The number of methoxy groups -OCH3 is 1. The predicted octanol–water partition coefficient (Wildman–Crippen LogP) is 0.526. The van der Waals surface area contributed by atoms with Crippen LogP contribution in [-0.4, -0.2) is 61.8 Å². The molecule has 1 aliphatic heterocycles. The van der Waals surface area contributed by atoms with E-state index in [0.717, 1.165) is 5.56 Å². The summed E-state index contributed by atoms with van der Waals surface area (Å²) in [7, 11) is 1.50. The third-order valence-electron chi connectivity index (χ3n) is 4.06. The quantitative estimate of drug-likeness (QED) is 0.781. The van der Waals surface area contributed by atoms with Crippen LogP contribution in [0.5, 0.6) is 0 Å². The lowest BCUT2D eigenvalue weighted by Crippen LogP contribution is -2.48. The van der Waals surface area contributed by atoms with Crippen LogP contribution in [0.15, 0.2) is 24.3 Å². The summed E-state index contributed by atoms with van der Waals surface area (Å²) in [4.78, 5) is 26.2. The molecule has 1 aromatic rings. The monoisotopic (exact) mass is 349 g/mol. The fraction of sp³-hybridized carbons (Fsp3) is 0.556. The van der Waals surface area contributed by atoms with E-state index in [-0.39, 0.29) is 30.6 Å². The Kier molecular flexibility index (Phi) is 6.92. The topological polar surface area (TPSA) is 93.9 Å². The lowest BCUT2D eigenvalue weighted by molar-refractivity contribution is -0.123. The van der Waals surface area contributed by atoms with Crippen LogP contribution in [0.25, 0.3) is 0 Å². The molecule has 0 radical (unpaired) electrons. The smallest absolute Gasteiger partial charge is 0.254 e. The third kappa shape index (κ3) is 5.52. The molecule has 1 aliphatic rings. The molecule has 3 N–H and O–H groups in total. The van der Waals surface area contributed by atoms with Gasteiger partial charge in [-0.25, -0.2) is 0 Å². The number of amides is 2. The minimum atomic E-state index is -0.684. The molecule has 138 valence electrons. The second kappa shape index (κ2) is 8.94. The molecule has 0 saturated carbocycles. The van der Waals surface area contributed by atoms with Gasteiger partial charge in [-0.15, -0.1) is 0 Å². The number of ether oxygens (including phenoxy) is 2. The largest absolute Gasteiger partial charge is 0.383 e. The lowest BCUT2D eigenvalue weighted by Gasteiger charge is -2.35. The van der Waals surface area contributed by atoms with Gasteiger partial charge in [-0.3, -0.25) is 9.59 Å². The van der Waals surface area contributed by atoms with Crippen molar-refractivity contribution in [1.82, 2.24) is 10.2 Å². The van der Waals surface area contributed by atoms with E-state index in [1.54, 1.807) is 12.1 Å². The van der Waals surface area contributed by atoms with Gasteiger partial charge in [-0.2, -0.15) is 0 Å². The standard InChI is InChI=1S/C18H27N3O4/c1-12-9-21(10-13(2)25-12)18(23)15-6-4-14(5-7-15)8-20-17(22)16(19)11-24-3/h4-7,12-13,16H,8-11,19H2,1-3H3,(H,20,22). The Morgan fingerprint density at radius 1 is 1.28 bits per heavy atom. The molecule has 1 saturated heterocycles. The van der Waals surface area contributed by atoms with Crippen LogP contribution < -0.4 is 11.1 Å². The van der Waals surface area contributed by atoms with Gasteiger partial charge < -0.3 is 25.4 Å². The zero-order valence-corrected chi connectivity index (χ0v) is 15.0. The van der Waals surface area contributed by atoms with E-state index >= 15 is 0 Å². The molecule has 3 atom stereocenters. The minimum absolute atomic E-state index is 0.000276. The first kappa shape index (κ1) is 19.4. The molecular weight excluding hydrogens is 322 g/mol. The van der Waals surface area contributed by atoms with E-state index in [4.69, 9.17) is 15.2 Å². The van der Waals surface area contributed by atoms with Crippen molar-refractivity contribution in [3.8, 4) is 0 Å². The van der Waals surface area contributed by atoms with Gasteiger partial charge in [0.25, 0.3) is 5.91 Å². The summed E-state index contributed by atoms with van der Waals surface area (Å²) in [6.07, 6.45) is 0.0805. The summed E-state index contributed by atoms with van der Waals surface area (Å²) in [6.45, 7) is 5.66. The Morgan fingerprint density at radius 3 is 2.44 bits per heavy atom. The summed E-state index contributed by atoms with van der Waals surface area (Å²) in [5.74, 6) is -0.266. The van der Waals surface area contributed by atoms with Gasteiger partial charge in [-0.1, -0.05) is 12.1 Å². The molecule has 3 unspecified atom stereocenters. The van der Waals surface area contributed by atoms with Gasteiger partial charge in [0, 0.05) is 32.3 Å². The van der Waals surface area contributed by atoms with Gasteiger partial charge in [0.2, 0.25) is 5.91 Å². The van der Waals surface area contributed by atoms with Crippen LogP contribution >= 0.6 is 0 Å². The van der Waals surface area contributed by atoms with Crippen molar-refractivity contribution < 1.29 is 19.1 Å². The van der Waals surface area contributed by atoms with Gasteiger partial charge in [0.05, 0.1) is 18.8 Å². The lowest BCUT2D eigenvalue weighted by atomic mass is 10.1. The van der Waals surface area contributed by atoms with Crippen molar-refractivity contribution in [3.05, 3.63) is 35.4 Å². The summed E-state index contributed by atoms with van der Waals surface area (Å²) < 4.78 is 10.5. The number of morpholine rings is 1. The van der Waals surface area contributed by atoms with Crippen molar-refractivity contribution in [1.29, 1.82) is 0 Å². The van der Waals surface area contributed by atoms with E-state index in [1.165, 1.54) is 7.11 Å². The van der Waals surface area contributed by atoms with Crippen LogP contribution in [0, 0.1) is 0 Å². The molecule has 25 heavy (non-hydrogen) atoms. The first-order chi connectivity index (χ1) is 11.9. The summed E-state index contributed by atoms with van der Waals surface area (Å²) in [5.41, 5.74) is 7.20. The number of carbonyl (C=O) groups excluding carboxylic acids is 2.